The van der Waals surface area contributed by atoms with Crippen LogP contribution in [-0.2, 0) is 4.79 Å². The summed E-state index contributed by atoms with van der Waals surface area (Å²) in [7, 11) is 0. The first-order chi connectivity index (χ1) is 10.6. The molecule has 0 bridgehead atoms. The highest BCUT2D eigenvalue weighted by molar-refractivity contribution is 6.20. The standard InChI is InChI=1S/C18H13NO3/c20-15-9-6-12(7-10-15)16(18(21)22)11-14-8-5-13-3-1-2-4-17(13)19-14/h1-11,20H,(H,21,22)/b16-11-. The lowest BCUT2D eigenvalue weighted by Crippen LogP contribution is -2.00. The number of aromatic hydroxyl groups is 1. The topological polar surface area (TPSA) is 70.4 Å². The lowest BCUT2D eigenvalue weighted by molar-refractivity contribution is -0.130. The molecule has 0 unspecified atom stereocenters. The van der Waals surface area contributed by atoms with Gasteiger partial charge < -0.3 is 10.2 Å². The van der Waals surface area contributed by atoms with Crippen molar-refractivity contribution in [2.24, 2.45) is 0 Å². The van der Waals surface area contributed by atoms with Gasteiger partial charge in [0.2, 0.25) is 0 Å². The number of aromatic nitrogens is 1. The highest BCUT2D eigenvalue weighted by atomic mass is 16.4. The molecule has 0 fully saturated rings. The highest BCUT2D eigenvalue weighted by Crippen LogP contribution is 2.21. The fraction of sp³-hybridized carbons (Fsp3) is 0. The van der Waals surface area contributed by atoms with Crippen LogP contribution in [0.2, 0.25) is 0 Å². The first-order valence-electron chi connectivity index (χ1n) is 6.74. The van der Waals surface area contributed by atoms with E-state index in [9.17, 15) is 15.0 Å². The van der Waals surface area contributed by atoms with Crippen molar-refractivity contribution in [1.29, 1.82) is 0 Å². The average molecular weight is 291 g/mol. The van der Waals surface area contributed by atoms with Gasteiger partial charge in [-0.3, -0.25) is 0 Å². The summed E-state index contributed by atoms with van der Waals surface area (Å²) < 4.78 is 0. The van der Waals surface area contributed by atoms with E-state index in [0.717, 1.165) is 10.9 Å². The van der Waals surface area contributed by atoms with E-state index in [0.29, 0.717) is 11.3 Å². The Hall–Kier alpha value is -3.14. The number of para-hydroxylation sites is 1. The Morgan fingerprint density at radius 2 is 1.68 bits per heavy atom. The Bertz CT molecular complexity index is 867. The SMILES string of the molecule is O=C(O)/C(=C\c1ccc2ccccc2n1)c1ccc(O)cc1. The van der Waals surface area contributed by atoms with E-state index in [2.05, 4.69) is 4.98 Å². The molecule has 0 spiro atoms. The lowest BCUT2D eigenvalue weighted by atomic mass is 10.0. The third-order valence-electron chi connectivity index (χ3n) is 3.32. The molecule has 0 radical (unpaired) electrons. The molecule has 2 aromatic carbocycles. The third-order valence-corrected chi connectivity index (χ3v) is 3.32. The van der Waals surface area contributed by atoms with E-state index in [1.165, 1.54) is 18.2 Å². The average Bonchev–Trinajstić information content (AvgIpc) is 2.53. The normalized spacial score (nSPS) is 11.5. The van der Waals surface area contributed by atoms with Crippen molar-refractivity contribution < 1.29 is 15.0 Å². The first kappa shape index (κ1) is 13.8. The predicted octanol–water partition coefficient (Wildman–Crippen LogP) is 3.57. The number of phenols is 1. The van der Waals surface area contributed by atoms with Crippen LogP contribution in [0.1, 0.15) is 11.3 Å². The third kappa shape index (κ3) is 2.81. The minimum atomic E-state index is -1.04. The molecule has 2 N–H and O–H groups in total. The monoisotopic (exact) mass is 291 g/mol. The fourth-order valence-corrected chi connectivity index (χ4v) is 2.22. The second-order valence-electron chi connectivity index (χ2n) is 4.84. The minimum absolute atomic E-state index is 0.0947. The second kappa shape index (κ2) is 5.69. The van der Waals surface area contributed by atoms with Gasteiger partial charge in [0.25, 0.3) is 0 Å². The molecule has 1 aromatic heterocycles. The number of carboxylic acid groups (broad SMARTS) is 1. The van der Waals surface area contributed by atoms with Crippen LogP contribution in [0.5, 0.6) is 5.75 Å². The maximum atomic E-state index is 11.5. The van der Waals surface area contributed by atoms with Crippen LogP contribution in [0.15, 0.2) is 60.7 Å². The molecular weight excluding hydrogens is 278 g/mol. The summed E-state index contributed by atoms with van der Waals surface area (Å²) >= 11 is 0. The van der Waals surface area contributed by atoms with Crippen molar-refractivity contribution in [3.63, 3.8) is 0 Å². The molecule has 0 aliphatic rings. The van der Waals surface area contributed by atoms with Gasteiger partial charge in [-0.05, 0) is 35.9 Å². The van der Waals surface area contributed by atoms with Crippen molar-refractivity contribution in [2.45, 2.75) is 0 Å². The maximum Gasteiger partial charge on any atom is 0.336 e. The Labute approximate surface area is 127 Å². The predicted molar refractivity (Wildman–Crippen MR) is 85.4 cm³/mol. The molecule has 3 rings (SSSR count). The number of phenolic OH excluding ortho intramolecular Hbond substituents is 1. The summed E-state index contributed by atoms with van der Waals surface area (Å²) in [5.74, 6) is -0.946. The van der Waals surface area contributed by atoms with Gasteiger partial charge in [0.1, 0.15) is 5.75 Å². The van der Waals surface area contributed by atoms with Gasteiger partial charge >= 0.3 is 5.97 Å². The minimum Gasteiger partial charge on any atom is -0.508 e. The van der Waals surface area contributed by atoms with Crippen molar-refractivity contribution >= 4 is 28.5 Å². The fourth-order valence-electron chi connectivity index (χ4n) is 2.22. The second-order valence-corrected chi connectivity index (χ2v) is 4.84. The van der Waals surface area contributed by atoms with Gasteiger partial charge in [0.15, 0.2) is 0 Å². The number of fused-ring (bicyclic) bond motifs is 1. The van der Waals surface area contributed by atoms with Crippen LogP contribution in [0, 0.1) is 0 Å². The van der Waals surface area contributed by atoms with Gasteiger partial charge in [-0.2, -0.15) is 0 Å². The largest absolute Gasteiger partial charge is 0.508 e. The molecule has 4 nitrogen and oxygen atoms in total. The van der Waals surface area contributed by atoms with Crippen LogP contribution in [0.3, 0.4) is 0 Å². The number of carbonyl (C=O) groups is 1. The van der Waals surface area contributed by atoms with Crippen LogP contribution in [0.4, 0.5) is 0 Å². The van der Waals surface area contributed by atoms with Crippen molar-refractivity contribution in [1.82, 2.24) is 4.98 Å². The molecule has 108 valence electrons. The zero-order valence-corrected chi connectivity index (χ0v) is 11.6. The summed E-state index contributed by atoms with van der Waals surface area (Å²) in [5.41, 5.74) is 2.03. The number of pyridine rings is 1. The zero-order chi connectivity index (χ0) is 15.5. The van der Waals surface area contributed by atoms with Crippen molar-refractivity contribution in [3.8, 4) is 5.75 Å². The molecule has 22 heavy (non-hydrogen) atoms. The molecule has 0 atom stereocenters. The number of aliphatic carboxylic acids is 1. The quantitative estimate of drug-likeness (QED) is 0.724. The van der Waals surface area contributed by atoms with Gasteiger partial charge in [-0.1, -0.05) is 36.4 Å². The number of carboxylic acids is 1. The van der Waals surface area contributed by atoms with E-state index >= 15 is 0 Å². The summed E-state index contributed by atoms with van der Waals surface area (Å²) in [6.45, 7) is 0. The van der Waals surface area contributed by atoms with Crippen molar-refractivity contribution in [3.05, 3.63) is 71.9 Å². The van der Waals surface area contributed by atoms with E-state index in [-0.39, 0.29) is 11.3 Å². The Kier molecular flexibility index (Phi) is 3.58. The van der Waals surface area contributed by atoms with Crippen LogP contribution < -0.4 is 0 Å². The molecule has 0 aliphatic heterocycles. The highest BCUT2D eigenvalue weighted by Gasteiger charge is 2.11. The Morgan fingerprint density at radius 3 is 2.41 bits per heavy atom. The summed E-state index contributed by atoms with van der Waals surface area (Å²) in [4.78, 5) is 15.9. The molecule has 0 aliphatic carbocycles. The summed E-state index contributed by atoms with van der Waals surface area (Å²) in [5, 5.41) is 19.7. The summed E-state index contributed by atoms with van der Waals surface area (Å²) in [6.07, 6.45) is 1.53. The molecule has 3 aromatic rings. The van der Waals surface area contributed by atoms with Gasteiger partial charge in [-0.25, -0.2) is 9.78 Å². The molecule has 1 heterocycles. The number of benzene rings is 2. The number of hydrogen-bond acceptors (Lipinski definition) is 3. The van der Waals surface area contributed by atoms with E-state index in [1.54, 1.807) is 18.2 Å². The number of hydrogen-bond donors (Lipinski definition) is 2. The maximum absolute atomic E-state index is 11.5. The van der Waals surface area contributed by atoms with Crippen LogP contribution >= 0.6 is 0 Å². The molecule has 4 heteroatoms. The zero-order valence-electron chi connectivity index (χ0n) is 11.6. The van der Waals surface area contributed by atoms with Crippen LogP contribution in [0.25, 0.3) is 22.6 Å². The molecular formula is C18H13NO3. The Balaban J connectivity index is 2.08. The smallest absolute Gasteiger partial charge is 0.336 e. The first-order valence-corrected chi connectivity index (χ1v) is 6.74. The molecule has 0 saturated heterocycles. The van der Waals surface area contributed by atoms with Crippen molar-refractivity contribution in [2.75, 3.05) is 0 Å². The van der Waals surface area contributed by atoms with Crippen LogP contribution in [-0.4, -0.2) is 21.2 Å². The number of nitrogens with zero attached hydrogens (tertiary/aromatic N) is 1. The number of rotatable bonds is 3. The molecule has 0 saturated carbocycles. The van der Waals surface area contributed by atoms with E-state index in [1.807, 2.05) is 30.3 Å². The van der Waals surface area contributed by atoms with E-state index < -0.39 is 5.97 Å². The lowest BCUT2D eigenvalue weighted by Gasteiger charge is -2.04. The van der Waals surface area contributed by atoms with Gasteiger partial charge in [-0.15, -0.1) is 0 Å². The van der Waals surface area contributed by atoms with Gasteiger partial charge in [0.05, 0.1) is 16.8 Å². The summed E-state index contributed by atoms with van der Waals surface area (Å²) in [6, 6.07) is 17.4. The molecule has 0 amide bonds. The Morgan fingerprint density at radius 1 is 0.955 bits per heavy atom. The van der Waals surface area contributed by atoms with E-state index in [4.69, 9.17) is 0 Å². The van der Waals surface area contributed by atoms with Gasteiger partial charge in [0, 0.05) is 5.39 Å².